The van der Waals surface area contributed by atoms with Crippen LogP contribution in [-0.2, 0) is 4.79 Å². The van der Waals surface area contributed by atoms with Crippen LogP contribution in [0, 0.1) is 13.8 Å². The quantitative estimate of drug-likeness (QED) is 0.603. The molecule has 6 heteroatoms. The topological polar surface area (TPSA) is 66.9 Å². The molecule has 0 saturated heterocycles. The molecule has 0 fully saturated rings. The second-order valence-electron chi connectivity index (χ2n) is 6.05. The van der Waals surface area contributed by atoms with Crippen molar-refractivity contribution in [2.24, 2.45) is 0 Å². The summed E-state index contributed by atoms with van der Waals surface area (Å²) in [5, 5.41) is 6.64. The summed E-state index contributed by atoms with van der Waals surface area (Å²) in [5.41, 5.74) is 4.26. The van der Waals surface area contributed by atoms with Gasteiger partial charge in [-0.1, -0.05) is 23.7 Å². The first-order valence-corrected chi connectivity index (χ1v) is 8.80. The Morgan fingerprint density at radius 2 is 1.52 bits per heavy atom. The maximum absolute atomic E-state index is 12.0. The minimum Gasteiger partial charge on any atom is -0.324 e. The summed E-state index contributed by atoms with van der Waals surface area (Å²) in [6, 6.07) is 16.5. The fourth-order valence-corrected chi connectivity index (χ4v) is 2.60. The van der Waals surface area contributed by atoms with Gasteiger partial charge in [-0.3, -0.25) is 4.79 Å². The third-order valence-electron chi connectivity index (χ3n) is 3.69. The van der Waals surface area contributed by atoms with Crippen molar-refractivity contribution in [2.45, 2.75) is 13.8 Å². The van der Waals surface area contributed by atoms with Crippen LogP contribution in [0.5, 0.6) is 0 Å². The van der Waals surface area contributed by atoms with Crippen molar-refractivity contribution in [3.8, 4) is 0 Å². The Hall–Kier alpha value is -3.18. The number of aryl methyl sites for hydroxylation is 2. The smallest absolute Gasteiger partial charge is 0.248 e. The van der Waals surface area contributed by atoms with Crippen molar-refractivity contribution < 1.29 is 4.79 Å². The van der Waals surface area contributed by atoms with E-state index in [0.717, 1.165) is 22.6 Å². The molecule has 0 aliphatic heterocycles. The molecule has 0 aliphatic rings. The number of amides is 1. The fraction of sp³-hybridized carbons (Fsp3) is 0.0952. The molecule has 0 saturated carbocycles. The van der Waals surface area contributed by atoms with E-state index in [2.05, 4.69) is 20.6 Å². The van der Waals surface area contributed by atoms with E-state index in [1.165, 1.54) is 6.08 Å². The zero-order chi connectivity index (χ0) is 19.2. The largest absolute Gasteiger partial charge is 0.324 e. The molecular weight excluding hydrogens is 360 g/mol. The van der Waals surface area contributed by atoms with Gasteiger partial charge in [0.15, 0.2) is 0 Å². The Morgan fingerprint density at radius 3 is 2.15 bits per heavy atom. The zero-order valence-electron chi connectivity index (χ0n) is 15.0. The molecule has 0 unspecified atom stereocenters. The van der Waals surface area contributed by atoms with E-state index in [-0.39, 0.29) is 5.91 Å². The van der Waals surface area contributed by atoms with Crippen molar-refractivity contribution in [3.05, 3.63) is 82.6 Å². The first kappa shape index (κ1) is 18.6. The summed E-state index contributed by atoms with van der Waals surface area (Å²) in [4.78, 5) is 20.7. The van der Waals surface area contributed by atoms with Gasteiger partial charge in [0.05, 0.1) is 0 Å². The van der Waals surface area contributed by atoms with Gasteiger partial charge in [0, 0.05) is 33.9 Å². The van der Waals surface area contributed by atoms with Crippen molar-refractivity contribution >= 4 is 40.9 Å². The highest BCUT2D eigenvalue weighted by molar-refractivity contribution is 6.30. The first-order chi connectivity index (χ1) is 13.0. The van der Waals surface area contributed by atoms with E-state index in [1.807, 2.05) is 56.3 Å². The molecule has 136 valence electrons. The second-order valence-corrected chi connectivity index (χ2v) is 6.49. The number of carbonyl (C=O) groups is 1. The number of nitrogens with one attached hydrogen (secondary N) is 2. The summed E-state index contributed by atoms with van der Waals surface area (Å²) in [5.74, 6) is 0.346. The summed E-state index contributed by atoms with van der Waals surface area (Å²) >= 11 is 5.84. The van der Waals surface area contributed by atoms with Gasteiger partial charge in [0.1, 0.15) is 0 Å². The monoisotopic (exact) mass is 378 g/mol. The third kappa shape index (κ3) is 5.66. The highest BCUT2D eigenvalue weighted by Crippen LogP contribution is 2.17. The molecule has 0 aliphatic carbocycles. The number of carbonyl (C=O) groups excluding carboxylic acids is 1. The van der Waals surface area contributed by atoms with Crippen LogP contribution in [0.4, 0.5) is 17.3 Å². The van der Waals surface area contributed by atoms with Gasteiger partial charge >= 0.3 is 0 Å². The van der Waals surface area contributed by atoms with Crippen molar-refractivity contribution in [3.63, 3.8) is 0 Å². The highest BCUT2D eigenvalue weighted by atomic mass is 35.5. The lowest BCUT2D eigenvalue weighted by Gasteiger charge is -2.08. The SMILES string of the molecule is Cc1cc(C)nc(Nc2ccc(NC(=O)/C=C/c3ccc(Cl)cc3)cc2)n1. The summed E-state index contributed by atoms with van der Waals surface area (Å²) in [6.07, 6.45) is 3.22. The minimum absolute atomic E-state index is 0.205. The van der Waals surface area contributed by atoms with E-state index in [9.17, 15) is 4.79 Å². The molecule has 1 heterocycles. The van der Waals surface area contributed by atoms with Crippen molar-refractivity contribution in [2.75, 3.05) is 10.6 Å². The highest BCUT2D eigenvalue weighted by Gasteiger charge is 2.02. The number of anilines is 3. The summed E-state index contributed by atoms with van der Waals surface area (Å²) < 4.78 is 0. The van der Waals surface area contributed by atoms with Crippen LogP contribution in [0.1, 0.15) is 17.0 Å². The van der Waals surface area contributed by atoms with Gasteiger partial charge < -0.3 is 10.6 Å². The minimum atomic E-state index is -0.205. The molecule has 27 heavy (non-hydrogen) atoms. The Bertz CT molecular complexity index is 946. The number of rotatable bonds is 5. The van der Waals surface area contributed by atoms with Gasteiger partial charge in [0.25, 0.3) is 0 Å². The lowest BCUT2D eigenvalue weighted by atomic mass is 10.2. The lowest BCUT2D eigenvalue weighted by Crippen LogP contribution is -2.07. The summed E-state index contributed by atoms with van der Waals surface area (Å²) in [6.45, 7) is 3.85. The van der Waals surface area contributed by atoms with E-state index >= 15 is 0 Å². The normalized spacial score (nSPS) is 10.8. The first-order valence-electron chi connectivity index (χ1n) is 8.42. The standard InChI is InChI=1S/C21H19ClN4O/c1-14-13-15(2)24-21(23-14)26-19-10-8-18(9-11-19)25-20(27)12-5-16-3-6-17(22)7-4-16/h3-13H,1-2H3,(H,25,27)(H,23,24,26)/b12-5+. The van der Waals surface area contributed by atoms with Gasteiger partial charge in [-0.05, 0) is 68.0 Å². The van der Waals surface area contributed by atoms with Crippen LogP contribution in [-0.4, -0.2) is 15.9 Å². The Kier molecular flexibility index (Phi) is 5.84. The van der Waals surface area contributed by atoms with Crippen LogP contribution in [0.25, 0.3) is 6.08 Å². The second kappa shape index (κ2) is 8.47. The van der Waals surface area contributed by atoms with Gasteiger partial charge in [-0.25, -0.2) is 9.97 Å². The van der Waals surface area contributed by atoms with Crippen molar-refractivity contribution in [1.82, 2.24) is 9.97 Å². The molecule has 2 N–H and O–H groups in total. The predicted molar refractivity (Wildman–Crippen MR) is 110 cm³/mol. The average molecular weight is 379 g/mol. The van der Waals surface area contributed by atoms with E-state index < -0.39 is 0 Å². The van der Waals surface area contributed by atoms with Crippen LogP contribution in [0.3, 0.4) is 0 Å². The van der Waals surface area contributed by atoms with Crippen molar-refractivity contribution in [1.29, 1.82) is 0 Å². The number of halogens is 1. The molecule has 0 spiro atoms. The molecule has 0 bridgehead atoms. The van der Waals surface area contributed by atoms with Gasteiger partial charge in [0.2, 0.25) is 11.9 Å². The Morgan fingerprint density at radius 1 is 0.926 bits per heavy atom. The average Bonchev–Trinajstić information content (AvgIpc) is 2.62. The molecule has 3 aromatic rings. The van der Waals surface area contributed by atoms with Crippen LogP contribution < -0.4 is 10.6 Å². The Labute approximate surface area is 163 Å². The molecule has 0 radical (unpaired) electrons. The number of hydrogen-bond donors (Lipinski definition) is 2. The van der Waals surface area contributed by atoms with E-state index in [4.69, 9.17) is 11.6 Å². The van der Waals surface area contributed by atoms with E-state index in [1.54, 1.807) is 18.2 Å². The third-order valence-corrected chi connectivity index (χ3v) is 3.94. The van der Waals surface area contributed by atoms with Gasteiger partial charge in [-0.2, -0.15) is 0 Å². The maximum Gasteiger partial charge on any atom is 0.248 e. The molecular formula is C21H19ClN4O. The van der Waals surface area contributed by atoms with E-state index in [0.29, 0.717) is 16.7 Å². The van der Waals surface area contributed by atoms with Crippen LogP contribution in [0.2, 0.25) is 5.02 Å². The zero-order valence-corrected chi connectivity index (χ0v) is 15.8. The maximum atomic E-state index is 12.0. The molecule has 2 aromatic carbocycles. The molecule has 1 amide bonds. The summed E-state index contributed by atoms with van der Waals surface area (Å²) in [7, 11) is 0. The molecule has 1 aromatic heterocycles. The van der Waals surface area contributed by atoms with Crippen LogP contribution in [0.15, 0.2) is 60.7 Å². The lowest BCUT2D eigenvalue weighted by molar-refractivity contribution is -0.111. The number of hydrogen-bond acceptors (Lipinski definition) is 4. The number of benzene rings is 2. The van der Waals surface area contributed by atoms with Gasteiger partial charge in [-0.15, -0.1) is 0 Å². The molecule has 0 atom stereocenters. The fourth-order valence-electron chi connectivity index (χ4n) is 2.48. The van der Waals surface area contributed by atoms with Crippen LogP contribution >= 0.6 is 11.6 Å². The molecule has 3 rings (SSSR count). The Balaban J connectivity index is 1.59. The predicted octanol–water partition coefficient (Wildman–Crippen LogP) is 5.14. The number of aromatic nitrogens is 2. The molecule has 5 nitrogen and oxygen atoms in total. The number of nitrogens with zero attached hydrogens (tertiary/aromatic N) is 2.